The smallest absolute Gasteiger partial charge is 0.0323 e. The highest BCUT2D eigenvalue weighted by Crippen LogP contribution is 2.27. The molecule has 2 N–H and O–H groups in total. The van der Waals surface area contributed by atoms with Crippen molar-refractivity contribution in [3.8, 4) is 0 Å². The molecular weight excluding hydrogens is 184 g/mol. The normalized spacial score (nSPS) is 29.3. The van der Waals surface area contributed by atoms with Crippen LogP contribution in [0.1, 0.15) is 31.9 Å². The van der Waals surface area contributed by atoms with Gasteiger partial charge in [-0.1, -0.05) is 30.3 Å². The van der Waals surface area contributed by atoms with Crippen LogP contribution in [0.25, 0.3) is 0 Å². The van der Waals surface area contributed by atoms with E-state index in [-0.39, 0.29) is 0 Å². The summed E-state index contributed by atoms with van der Waals surface area (Å²) in [4.78, 5) is 2.50. The lowest BCUT2D eigenvalue weighted by Crippen LogP contribution is -2.38. The van der Waals surface area contributed by atoms with Gasteiger partial charge in [-0.2, -0.15) is 0 Å². The molecule has 0 radical (unpaired) electrons. The molecule has 0 amide bonds. The molecule has 1 aromatic rings. The van der Waals surface area contributed by atoms with Gasteiger partial charge < -0.3 is 5.73 Å². The molecule has 0 bridgehead atoms. The Morgan fingerprint density at radius 3 is 2.53 bits per heavy atom. The lowest BCUT2D eigenvalue weighted by Gasteiger charge is -2.29. The van der Waals surface area contributed by atoms with E-state index in [1.807, 2.05) is 0 Å². The van der Waals surface area contributed by atoms with E-state index in [1.54, 1.807) is 0 Å². The average Bonchev–Trinajstić information content (AvgIpc) is 2.60. The second kappa shape index (κ2) is 4.33. The predicted octanol–water partition coefficient (Wildman–Crippen LogP) is 2.17. The maximum Gasteiger partial charge on any atom is 0.0323 e. The molecule has 0 spiro atoms. The molecule has 0 aliphatic carbocycles. The third-order valence-corrected chi connectivity index (χ3v) is 3.64. The van der Waals surface area contributed by atoms with E-state index in [1.165, 1.54) is 5.56 Å². The average molecular weight is 204 g/mol. The minimum atomic E-state index is 0.344. The number of rotatable bonds is 2. The fraction of sp³-hybridized carbons (Fsp3) is 0.538. The summed E-state index contributed by atoms with van der Waals surface area (Å²) in [6, 6.07) is 12.0. The van der Waals surface area contributed by atoms with E-state index in [0.29, 0.717) is 18.1 Å². The fourth-order valence-corrected chi connectivity index (χ4v) is 2.46. The Balaban J connectivity index is 2.12. The van der Waals surface area contributed by atoms with Gasteiger partial charge in [0.1, 0.15) is 0 Å². The first kappa shape index (κ1) is 10.7. The van der Waals surface area contributed by atoms with Crippen LogP contribution in [0.3, 0.4) is 0 Å². The molecule has 15 heavy (non-hydrogen) atoms. The molecule has 2 nitrogen and oxygen atoms in total. The minimum Gasteiger partial charge on any atom is -0.326 e. The largest absolute Gasteiger partial charge is 0.326 e. The van der Waals surface area contributed by atoms with Gasteiger partial charge in [0.2, 0.25) is 0 Å². The number of likely N-dealkylation sites (tertiary alicyclic amines) is 1. The Labute approximate surface area is 92.1 Å². The zero-order chi connectivity index (χ0) is 10.8. The highest BCUT2D eigenvalue weighted by molar-refractivity contribution is 5.19. The first-order valence-corrected chi connectivity index (χ1v) is 5.76. The summed E-state index contributed by atoms with van der Waals surface area (Å²) < 4.78 is 0. The van der Waals surface area contributed by atoms with E-state index >= 15 is 0 Å². The number of hydrogen-bond donors (Lipinski definition) is 1. The summed E-state index contributed by atoms with van der Waals surface area (Å²) in [7, 11) is 0. The lowest BCUT2D eigenvalue weighted by molar-refractivity contribution is 0.198. The van der Waals surface area contributed by atoms with Gasteiger partial charge in [0, 0.05) is 24.7 Å². The van der Waals surface area contributed by atoms with Gasteiger partial charge in [0.05, 0.1) is 0 Å². The Morgan fingerprint density at radius 1 is 1.33 bits per heavy atom. The summed E-state index contributed by atoms with van der Waals surface area (Å²) in [5.74, 6) is 0. The van der Waals surface area contributed by atoms with Crippen LogP contribution in [0.15, 0.2) is 30.3 Å². The minimum absolute atomic E-state index is 0.344. The van der Waals surface area contributed by atoms with Crippen molar-refractivity contribution in [2.24, 2.45) is 5.73 Å². The highest BCUT2D eigenvalue weighted by Gasteiger charge is 2.31. The van der Waals surface area contributed by atoms with E-state index < -0.39 is 0 Å². The van der Waals surface area contributed by atoms with Crippen molar-refractivity contribution >= 4 is 0 Å². The molecule has 2 heteroatoms. The molecule has 1 aliphatic heterocycles. The van der Waals surface area contributed by atoms with Gasteiger partial charge in [-0.3, -0.25) is 4.90 Å². The van der Waals surface area contributed by atoms with Crippen LogP contribution in [-0.2, 0) is 0 Å². The SMILES string of the molecule is CC1C(N)CCN1[C@H](C)c1ccccc1. The van der Waals surface area contributed by atoms with Crippen molar-refractivity contribution in [1.82, 2.24) is 4.90 Å². The summed E-state index contributed by atoms with van der Waals surface area (Å²) >= 11 is 0. The van der Waals surface area contributed by atoms with Crippen LogP contribution in [0, 0.1) is 0 Å². The Kier molecular flexibility index (Phi) is 3.08. The maximum absolute atomic E-state index is 6.04. The lowest BCUT2D eigenvalue weighted by atomic mass is 10.1. The van der Waals surface area contributed by atoms with Crippen LogP contribution >= 0.6 is 0 Å². The van der Waals surface area contributed by atoms with Crippen LogP contribution < -0.4 is 5.73 Å². The molecule has 1 fully saturated rings. The molecule has 1 heterocycles. The molecule has 82 valence electrons. The van der Waals surface area contributed by atoms with Gasteiger partial charge in [-0.15, -0.1) is 0 Å². The summed E-state index contributed by atoms with van der Waals surface area (Å²) in [5, 5.41) is 0. The molecule has 1 aliphatic rings. The Bertz CT molecular complexity index is 310. The van der Waals surface area contributed by atoms with Gasteiger partial charge in [0.25, 0.3) is 0 Å². The second-order valence-corrected chi connectivity index (χ2v) is 4.52. The molecule has 1 aromatic carbocycles. The Hall–Kier alpha value is -0.860. The van der Waals surface area contributed by atoms with Crippen molar-refractivity contribution in [2.45, 2.75) is 38.4 Å². The molecule has 0 aromatic heterocycles. The monoisotopic (exact) mass is 204 g/mol. The summed E-state index contributed by atoms with van der Waals surface area (Å²) in [5.41, 5.74) is 7.43. The van der Waals surface area contributed by atoms with Gasteiger partial charge in [0.15, 0.2) is 0 Å². The van der Waals surface area contributed by atoms with Crippen LogP contribution in [0.4, 0.5) is 0 Å². The molecule has 1 saturated heterocycles. The summed E-state index contributed by atoms with van der Waals surface area (Å²) in [6.07, 6.45) is 1.12. The van der Waals surface area contributed by atoms with Gasteiger partial charge in [-0.05, 0) is 25.8 Å². The number of nitrogens with zero attached hydrogens (tertiary/aromatic N) is 1. The van der Waals surface area contributed by atoms with E-state index in [4.69, 9.17) is 5.73 Å². The third-order valence-electron chi connectivity index (χ3n) is 3.64. The van der Waals surface area contributed by atoms with Crippen LogP contribution in [0.5, 0.6) is 0 Å². The quantitative estimate of drug-likeness (QED) is 0.800. The van der Waals surface area contributed by atoms with Gasteiger partial charge in [-0.25, -0.2) is 0 Å². The second-order valence-electron chi connectivity index (χ2n) is 4.52. The molecule has 2 rings (SSSR count). The molecule has 0 saturated carbocycles. The van der Waals surface area contributed by atoms with Crippen molar-refractivity contribution in [2.75, 3.05) is 6.54 Å². The number of hydrogen-bond acceptors (Lipinski definition) is 2. The summed E-state index contributed by atoms with van der Waals surface area (Å²) in [6.45, 7) is 5.62. The molecule has 2 unspecified atom stereocenters. The van der Waals surface area contributed by atoms with Crippen molar-refractivity contribution < 1.29 is 0 Å². The molecular formula is C13H20N2. The maximum atomic E-state index is 6.04. The van der Waals surface area contributed by atoms with Crippen LogP contribution in [-0.4, -0.2) is 23.5 Å². The van der Waals surface area contributed by atoms with Crippen molar-refractivity contribution in [3.05, 3.63) is 35.9 Å². The van der Waals surface area contributed by atoms with Crippen molar-refractivity contribution in [1.29, 1.82) is 0 Å². The van der Waals surface area contributed by atoms with E-state index in [9.17, 15) is 0 Å². The zero-order valence-corrected chi connectivity index (χ0v) is 9.56. The standard InChI is InChI=1S/C13H20N2/c1-10(12-6-4-3-5-7-12)15-9-8-13(14)11(15)2/h3-7,10-11,13H,8-9,14H2,1-2H3/t10-,11?,13?/m1/s1. The first-order chi connectivity index (χ1) is 7.20. The highest BCUT2D eigenvalue weighted by atomic mass is 15.2. The van der Waals surface area contributed by atoms with Gasteiger partial charge >= 0.3 is 0 Å². The van der Waals surface area contributed by atoms with Crippen molar-refractivity contribution in [3.63, 3.8) is 0 Å². The van der Waals surface area contributed by atoms with Crippen LogP contribution in [0.2, 0.25) is 0 Å². The van der Waals surface area contributed by atoms with E-state index in [0.717, 1.165) is 13.0 Å². The predicted molar refractivity (Wildman–Crippen MR) is 63.6 cm³/mol. The topological polar surface area (TPSA) is 29.3 Å². The zero-order valence-electron chi connectivity index (χ0n) is 9.56. The number of nitrogens with two attached hydrogens (primary N) is 1. The number of benzene rings is 1. The first-order valence-electron chi connectivity index (χ1n) is 5.76. The fourth-order valence-electron chi connectivity index (χ4n) is 2.46. The third kappa shape index (κ3) is 2.06. The van der Waals surface area contributed by atoms with E-state index in [2.05, 4.69) is 49.1 Å². The molecule has 3 atom stereocenters. The Morgan fingerprint density at radius 2 is 2.00 bits per heavy atom.